The number of nitrogens with zero attached hydrogens (tertiary/aromatic N) is 5. The van der Waals surface area contributed by atoms with Crippen LogP contribution in [-0.2, 0) is 32.5 Å². The molecule has 66 heavy (non-hydrogen) atoms. The molecule has 8 rings (SSSR count). The fourth-order valence-electron chi connectivity index (χ4n) is 7.70. The van der Waals surface area contributed by atoms with E-state index >= 15 is 0 Å². The van der Waals surface area contributed by atoms with Crippen molar-refractivity contribution in [3.8, 4) is 11.5 Å². The van der Waals surface area contributed by atoms with Crippen LogP contribution in [0.2, 0.25) is 0 Å². The van der Waals surface area contributed by atoms with Crippen LogP contribution < -0.4 is 17.0 Å². The second-order valence-electron chi connectivity index (χ2n) is 15.5. The van der Waals surface area contributed by atoms with Gasteiger partial charge in [-0.2, -0.15) is 0 Å². The van der Waals surface area contributed by atoms with Crippen LogP contribution in [0.4, 0.5) is 5.69 Å². The number of carboxylic acid groups (broad SMARTS) is 2. The minimum Gasteiger partial charge on any atom is -0.506 e. The van der Waals surface area contributed by atoms with E-state index in [9.17, 15) is 34.5 Å². The molecule has 6 aromatic carbocycles. The van der Waals surface area contributed by atoms with Gasteiger partial charge in [0.25, 0.3) is 5.56 Å². The molecule has 0 spiro atoms. The van der Waals surface area contributed by atoms with E-state index in [-0.39, 0.29) is 40.5 Å². The normalized spacial score (nSPS) is 11.0. The Balaban J connectivity index is 0.000000207. The molecule has 15 heteroatoms. The van der Waals surface area contributed by atoms with Gasteiger partial charge in [0.2, 0.25) is 0 Å². The summed E-state index contributed by atoms with van der Waals surface area (Å²) in [5.74, 6) is -1.83. The van der Waals surface area contributed by atoms with E-state index in [0.717, 1.165) is 34.3 Å². The number of aromatic carboxylic acids is 2. The summed E-state index contributed by atoms with van der Waals surface area (Å²) in [5, 5.41) is 49.1. The lowest BCUT2D eigenvalue weighted by atomic mass is 10.1. The third-order valence-corrected chi connectivity index (χ3v) is 11.2. The summed E-state index contributed by atoms with van der Waals surface area (Å²) in [7, 11) is 0. The highest BCUT2D eigenvalue weighted by molar-refractivity contribution is 6.01. The lowest BCUT2D eigenvalue weighted by Gasteiger charge is -2.20. The van der Waals surface area contributed by atoms with E-state index in [2.05, 4.69) is 11.8 Å². The molecule has 0 aliphatic heterocycles. The number of aromatic hydroxyl groups is 2. The molecule has 7 N–H and O–H groups in total. The first kappa shape index (κ1) is 47.7. The third kappa shape index (κ3) is 11.1. The number of aliphatic hydroxyl groups excluding tert-OH is 1. The van der Waals surface area contributed by atoms with Crippen LogP contribution >= 0.6 is 0 Å². The number of hydrogen-bond donors (Lipinski definition) is 6. The van der Waals surface area contributed by atoms with Gasteiger partial charge in [-0.3, -0.25) is 18.8 Å². The Bertz CT molecular complexity index is 2980. The zero-order valence-corrected chi connectivity index (χ0v) is 36.9. The molecule has 0 unspecified atom stereocenters. The molecular formula is C51H54N6O9. The maximum absolute atomic E-state index is 13.8. The van der Waals surface area contributed by atoms with Gasteiger partial charge in [0.1, 0.15) is 28.5 Å². The fraction of sp³-hybridized carbons (Fsp3) is 0.235. The van der Waals surface area contributed by atoms with E-state index < -0.39 is 11.9 Å². The summed E-state index contributed by atoms with van der Waals surface area (Å²) in [4.78, 5) is 55.8. The Morgan fingerprint density at radius 3 is 1.73 bits per heavy atom. The maximum Gasteiger partial charge on any atom is 0.339 e. The van der Waals surface area contributed by atoms with Gasteiger partial charge in [-0.05, 0) is 65.6 Å². The summed E-state index contributed by atoms with van der Waals surface area (Å²) in [6, 6.07) is 38.0. The highest BCUT2D eigenvalue weighted by Crippen LogP contribution is 2.29. The predicted molar refractivity (Wildman–Crippen MR) is 257 cm³/mol. The molecule has 0 saturated carbocycles. The van der Waals surface area contributed by atoms with Crippen molar-refractivity contribution in [2.24, 2.45) is 0 Å². The molecule has 0 aliphatic rings. The van der Waals surface area contributed by atoms with E-state index in [4.69, 9.17) is 20.9 Å². The number of aromatic nitrogens is 4. The van der Waals surface area contributed by atoms with Crippen LogP contribution in [0.3, 0.4) is 0 Å². The number of aliphatic hydroxyl groups is 1. The molecule has 0 amide bonds. The van der Waals surface area contributed by atoms with Crippen molar-refractivity contribution in [1.29, 1.82) is 0 Å². The average Bonchev–Trinajstić information content (AvgIpc) is 3.67. The number of aryl methyl sites for hydroxylation is 2. The molecule has 0 fully saturated rings. The number of hydrogen-bond acceptors (Lipinski definition) is 10. The minimum atomic E-state index is -1.12. The maximum atomic E-state index is 13.8. The van der Waals surface area contributed by atoms with Crippen molar-refractivity contribution in [3.05, 3.63) is 176 Å². The van der Waals surface area contributed by atoms with Gasteiger partial charge in [0.15, 0.2) is 11.2 Å². The number of carboxylic acids is 2. The number of nitrogen functional groups attached to an aromatic ring is 1. The van der Waals surface area contributed by atoms with Gasteiger partial charge in [-0.15, -0.1) is 0 Å². The monoisotopic (exact) mass is 894 g/mol. The summed E-state index contributed by atoms with van der Waals surface area (Å²) in [6.07, 6.45) is 1.82. The van der Waals surface area contributed by atoms with E-state index in [1.807, 2.05) is 90.4 Å². The Labute approximate surface area is 380 Å². The molecule has 0 aliphatic carbocycles. The second-order valence-corrected chi connectivity index (χ2v) is 15.5. The average molecular weight is 895 g/mol. The zero-order valence-electron chi connectivity index (χ0n) is 36.9. The van der Waals surface area contributed by atoms with Crippen LogP contribution in [0.1, 0.15) is 57.9 Å². The number of imidazole rings is 1. The number of carbonyl (C=O) groups is 2. The zero-order chi connectivity index (χ0) is 47.3. The Morgan fingerprint density at radius 1 is 0.636 bits per heavy atom. The van der Waals surface area contributed by atoms with Gasteiger partial charge in [0.05, 0.1) is 6.61 Å². The topological polar surface area (TPSA) is 226 Å². The van der Waals surface area contributed by atoms with Crippen LogP contribution in [0.5, 0.6) is 11.5 Å². The summed E-state index contributed by atoms with van der Waals surface area (Å²) < 4.78 is 4.98. The highest BCUT2D eigenvalue weighted by atomic mass is 16.4. The standard InChI is InChI=1S/C29H38N6O3.2C11H8O3/c1-3-15-35-28(37)26-27(34(29(35)38)16-14-22-10-12-24(30)13-11-22)31-25(21-23-8-6-5-7-9-23)33(26)18-17-32(4-2)19-20-36;2*12-10-8-4-2-1-3-7(8)5-6-9(10)11(13)14/h5-13,36H,3-4,14-21,30H2,1-2H3;2*1-6,12H,(H,13,14). The van der Waals surface area contributed by atoms with Gasteiger partial charge in [-0.1, -0.05) is 117 Å². The van der Waals surface area contributed by atoms with E-state index in [1.54, 1.807) is 41.0 Å². The number of benzene rings is 6. The smallest absolute Gasteiger partial charge is 0.339 e. The molecule has 15 nitrogen and oxygen atoms in total. The summed E-state index contributed by atoms with van der Waals surface area (Å²) in [5.41, 5.74) is 8.80. The largest absolute Gasteiger partial charge is 0.506 e. The van der Waals surface area contributed by atoms with Crippen molar-refractivity contribution in [2.45, 2.75) is 52.7 Å². The summed E-state index contributed by atoms with van der Waals surface area (Å²) >= 11 is 0. The molecule has 0 radical (unpaired) electrons. The number of anilines is 1. The van der Waals surface area contributed by atoms with Crippen molar-refractivity contribution in [1.82, 2.24) is 23.6 Å². The van der Waals surface area contributed by atoms with Crippen molar-refractivity contribution in [3.63, 3.8) is 0 Å². The quantitative estimate of drug-likeness (QED) is 0.0573. The van der Waals surface area contributed by atoms with Crippen LogP contribution in [0.25, 0.3) is 32.7 Å². The number of fused-ring (bicyclic) bond motifs is 3. The highest BCUT2D eigenvalue weighted by Gasteiger charge is 2.22. The Hall–Kier alpha value is -7.75. The lowest BCUT2D eigenvalue weighted by molar-refractivity contribution is 0.0682. The third-order valence-electron chi connectivity index (χ3n) is 11.2. The van der Waals surface area contributed by atoms with Gasteiger partial charge in [0, 0.05) is 55.6 Å². The number of phenols is 2. The molecule has 0 saturated heterocycles. The number of nitrogens with two attached hydrogens (primary N) is 1. The van der Waals surface area contributed by atoms with Gasteiger partial charge >= 0.3 is 17.6 Å². The Kier molecular flexibility index (Phi) is 16.1. The van der Waals surface area contributed by atoms with E-state index in [1.165, 1.54) is 16.7 Å². The first-order valence-electron chi connectivity index (χ1n) is 21.7. The van der Waals surface area contributed by atoms with Crippen LogP contribution in [-0.4, -0.2) is 87.3 Å². The number of rotatable bonds is 15. The SMILES string of the molecule is CCCn1c(=O)c2c(nc(Cc3ccccc3)n2CCN(CC)CCO)n(CCc2ccc(N)cc2)c1=O.O=C(O)c1ccc2ccccc2c1O.O=C(O)c1ccc2ccccc2c1O. The minimum absolute atomic E-state index is 0.0660. The fourth-order valence-corrected chi connectivity index (χ4v) is 7.70. The summed E-state index contributed by atoms with van der Waals surface area (Å²) in [6.45, 7) is 7.36. The van der Waals surface area contributed by atoms with Crippen molar-refractivity contribution < 1.29 is 35.1 Å². The molecule has 342 valence electrons. The first-order valence-corrected chi connectivity index (χ1v) is 21.7. The lowest BCUT2D eigenvalue weighted by Crippen LogP contribution is -2.41. The first-order chi connectivity index (χ1) is 31.9. The molecule has 0 bridgehead atoms. The predicted octanol–water partition coefficient (Wildman–Crippen LogP) is 6.99. The molecular weight excluding hydrogens is 841 g/mol. The van der Waals surface area contributed by atoms with Crippen molar-refractivity contribution >= 4 is 50.3 Å². The van der Waals surface area contributed by atoms with Crippen LogP contribution in [0.15, 0.2) is 137 Å². The molecule has 2 aromatic heterocycles. The molecule has 8 aromatic rings. The van der Waals surface area contributed by atoms with Crippen LogP contribution in [0, 0.1) is 0 Å². The molecule has 0 atom stereocenters. The number of likely N-dealkylation sites (N-methyl/N-ethyl adjacent to an activating group) is 1. The van der Waals surface area contributed by atoms with Gasteiger partial charge < -0.3 is 35.8 Å². The molecule has 2 heterocycles. The van der Waals surface area contributed by atoms with Crippen molar-refractivity contribution in [2.75, 3.05) is 32.0 Å². The second kappa shape index (κ2) is 22.2. The Morgan fingerprint density at radius 2 is 1.20 bits per heavy atom. The van der Waals surface area contributed by atoms with E-state index in [0.29, 0.717) is 79.6 Å². The van der Waals surface area contributed by atoms with Gasteiger partial charge in [-0.25, -0.2) is 19.4 Å².